The predicted molar refractivity (Wildman–Crippen MR) is 95.0 cm³/mol. The van der Waals surface area contributed by atoms with Gasteiger partial charge in [0.1, 0.15) is 18.2 Å². The maximum Gasteiger partial charge on any atom is 0.412 e. The maximum atomic E-state index is 14.9. The third-order valence-corrected chi connectivity index (χ3v) is 9.72. The summed E-state index contributed by atoms with van der Waals surface area (Å²) in [5.74, 6) is -1.29. The summed E-state index contributed by atoms with van der Waals surface area (Å²) in [6, 6.07) is 1.10. The van der Waals surface area contributed by atoms with Crippen molar-refractivity contribution in [2.24, 2.45) is 0 Å². The highest BCUT2D eigenvalue weighted by molar-refractivity contribution is 9.09. The van der Waals surface area contributed by atoms with Gasteiger partial charge < -0.3 is 9.16 Å². The largest absolute Gasteiger partial charge is 0.444 e. The number of carbonyl (C=O) groups excluding carboxylic acids is 1. The number of hydrogen-bond donors (Lipinski definition) is 1. The van der Waals surface area contributed by atoms with Crippen LogP contribution in [0.2, 0.25) is 18.1 Å². The second kappa shape index (κ2) is 6.72. The zero-order valence-electron chi connectivity index (χ0n) is 14.4. The number of anilines is 1. The Kier molecular flexibility index (Phi) is 5.42. The number of cyclic esters (lactones) is 1. The van der Waals surface area contributed by atoms with Gasteiger partial charge in [-0.3, -0.25) is 5.32 Å². The molecule has 1 aromatic carbocycles. The fourth-order valence-electron chi connectivity index (χ4n) is 2.19. The molecule has 4 nitrogen and oxygen atoms in total. The SMILES string of the molecule is CC(C)(C)[Si](C)(C)OC(CBr)c1cc(F)c2c(c1F)COC(=O)N2. The van der Waals surface area contributed by atoms with Crippen molar-refractivity contribution in [2.45, 2.75) is 51.6 Å². The van der Waals surface area contributed by atoms with Crippen molar-refractivity contribution < 1.29 is 22.7 Å². The normalized spacial score (nSPS) is 16.2. The summed E-state index contributed by atoms with van der Waals surface area (Å²) >= 11 is 3.34. The van der Waals surface area contributed by atoms with E-state index in [2.05, 4.69) is 55.1 Å². The summed E-state index contributed by atoms with van der Waals surface area (Å²) < 4.78 is 40.2. The van der Waals surface area contributed by atoms with Gasteiger partial charge in [-0.05, 0) is 24.2 Å². The molecule has 8 heteroatoms. The summed E-state index contributed by atoms with van der Waals surface area (Å²) in [5.41, 5.74) is -0.0183. The Balaban J connectivity index is 2.43. The lowest BCUT2D eigenvalue weighted by atomic mass is 10.0. The first kappa shape index (κ1) is 19.3. The molecule has 0 spiro atoms. The van der Waals surface area contributed by atoms with Crippen LogP contribution in [0.5, 0.6) is 0 Å². The van der Waals surface area contributed by atoms with Crippen LogP contribution in [0.25, 0.3) is 0 Å². The Bertz CT molecular complexity index is 662. The van der Waals surface area contributed by atoms with Gasteiger partial charge in [0, 0.05) is 10.9 Å². The Morgan fingerprint density at radius 2 is 2.04 bits per heavy atom. The minimum atomic E-state index is -2.18. The molecule has 0 saturated heterocycles. The summed E-state index contributed by atoms with van der Waals surface area (Å²) in [6.45, 7) is 10.1. The summed E-state index contributed by atoms with van der Waals surface area (Å²) in [6.07, 6.45) is -1.41. The molecule has 0 aliphatic carbocycles. The zero-order valence-corrected chi connectivity index (χ0v) is 17.0. The standard InChI is InChI=1S/C16H22BrF2NO3Si/c1-16(2,3)24(4,5)23-12(7-17)9-6-11(18)14-10(13(9)19)8-22-15(21)20-14/h6,12H,7-8H2,1-5H3,(H,20,21). The van der Waals surface area contributed by atoms with Gasteiger partial charge in [0.2, 0.25) is 0 Å². The number of hydrogen-bond acceptors (Lipinski definition) is 3. The highest BCUT2D eigenvalue weighted by Crippen LogP contribution is 2.41. The first-order valence-corrected chi connectivity index (χ1v) is 11.7. The molecule has 1 unspecified atom stereocenters. The van der Waals surface area contributed by atoms with Gasteiger partial charge in [0.05, 0.1) is 17.4 Å². The average molecular weight is 422 g/mol. The molecule has 2 rings (SSSR count). The smallest absolute Gasteiger partial charge is 0.412 e. The number of alkyl halides is 1. The fourth-order valence-corrected chi connectivity index (χ4v) is 4.19. The van der Waals surface area contributed by atoms with Crippen molar-refractivity contribution in [3.05, 3.63) is 28.8 Å². The number of ether oxygens (including phenoxy) is 1. The molecule has 1 atom stereocenters. The lowest BCUT2D eigenvalue weighted by Crippen LogP contribution is -2.42. The number of rotatable bonds is 4. The molecule has 1 aromatic rings. The predicted octanol–water partition coefficient (Wildman–Crippen LogP) is 5.48. The molecule has 0 aromatic heterocycles. The third kappa shape index (κ3) is 3.65. The van der Waals surface area contributed by atoms with Gasteiger partial charge in [-0.15, -0.1) is 0 Å². The van der Waals surface area contributed by atoms with Crippen LogP contribution in [0.4, 0.5) is 19.3 Å². The monoisotopic (exact) mass is 421 g/mol. The van der Waals surface area contributed by atoms with Crippen molar-refractivity contribution in [3.63, 3.8) is 0 Å². The molecule has 0 saturated carbocycles. The van der Waals surface area contributed by atoms with Crippen LogP contribution < -0.4 is 5.32 Å². The van der Waals surface area contributed by atoms with E-state index < -0.39 is 32.1 Å². The van der Waals surface area contributed by atoms with E-state index in [9.17, 15) is 13.6 Å². The minimum Gasteiger partial charge on any atom is -0.444 e. The lowest BCUT2D eigenvalue weighted by Gasteiger charge is -2.39. The third-order valence-electron chi connectivity index (χ3n) is 4.65. The molecule has 1 aliphatic heterocycles. The van der Waals surface area contributed by atoms with Gasteiger partial charge in [-0.1, -0.05) is 36.7 Å². The van der Waals surface area contributed by atoms with E-state index in [1.807, 2.05) is 0 Å². The molecule has 0 bridgehead atoms. The maximum absolute atomic E-state index is 14.9. The van der Waals surface area contributed by atoms with E-state index in [0.29, 0.717) is 5.33 Å². The Morgan fingerprint density at radius 1 is 1.42 bits per heavy atom. The van der Waals surface area contributed by atoms with Gasteiger partial charge in [-0.2, -0.15) is 0 Å². The lowest BCUT2D eigenvalue weighted by molar-refractivity contribution is 0.148. The van der Waals surface area contributed by atoms with Crippen molar-refractivity contribution in [3.8, 4) is 0 Å². The number of carbonyl (C=O) groups is 1. The molecule has 0 radical (unpaired) electrons. The molecule has 0 fully saturated rings. The highest BCUT2D eigenvalue weighted by atomic mass is 79.9. The second-order valence-corrected chi connectivity index (χ2v) is 12.7. The molecular weight excluding hydrogens is 400 g/mol. The van der Waals surface area contributed by atoms with Gasteiger partial charge in [0.15, 0.2) is 8.32 Å². The number of nitrogens with one attached hydrogen (secondary N) is 1. The Labute approximate surface area is 150 Å². The molecule has 1 amide bonds. The minimum absolute atomic E-state index is 0.00869. The van der Waals surface area contributed by atoms with Crippen LogP contribution in [-0.2, 0) is 15.8 Å². The Hall–Kier alpha value is -0.993. The van der Waals surface area contributed by atoms with Gasteiger partial charge >= 0.3 is 6.09 Å². The first-order valence-electron chi connectivity index (χ1n) is 7.66. The topological polar surface area (TPSA) is 47.6 Å². The van der Waals surface area contributed by atoms with E-state index in [4.69, 9.17) is 9.16 Å². The van der Waals surface area contributed by atoms with Crippen molar-refractivity contribution >= 4 is 36.0 Å². The zero-order chi connectivity index (χ0) is 18.3. The van der Waals surface area contributed by atoms with Gasteiger partial charge in [-0.25, -0.2) is 13.6 Å². The molecular formula is C16H22BrF2NO3Si. The quantitative estimate of drug-likeness (QED) is 0.516. The van der Waals surface area contributed by atoms with E-state index in [1.54, 1.807) is 0 Å². The Morgan fingerprint density at radius 3 is 2.58 bits per heavy atom. The van der Waals surface area contributed by atoms with Crippen LogP contribution in [0, 0.1) is 11.6 Å². The van der Waals surface area contributed by atoms with Crippen molar-refractivity contribution in [1.29, 1.82) is 0 Å². The summed E-state index contributed by atoms with van der Waals surface area (Å²) in [4.78, 5) is 11.2. The summed E-state index contributed by atoms with van der Waals surface area (Å²) in [5, 5.41) is 2.48. The number of amides is 1. The van der Waals surface area contributed by atoms with Crippen LogP contribution in [0.3, 0.4) is 0 Å². The van der Waals surface area contributed by atoms with E-state index in [1.165, 1.54) is 0 Å². The van der Waals surface area contributed by atoms with E-state index in [-0.39, 0.29) is 28.5 Å². The number of halogens is 3. The highest BCUT2D eigenvalue weighted by Gasteiger charge is 2.40. The van der Waals surface area contributed by atoms with E-state index in [0.717, 1.165) is 6.07 Å². The molecule has 134 valence electrons. The van der Waals surface area contributed by atoms with Crippen LogP contribution in [-0.4, -0.2) is 19.7 Å². The van der Waals surface area contributed by atoms with Crippen molar-refractivity contribution in [2.75, 3.05) is 10.6 Å². The second-order valence-electron chi connectivity index (χ2n) is 7.34. The first-order chi connectivity index (χ1) is 11.0. The molecule has 1 aliphatic rings. The van der Waals surface area contributed by atoms with E-state index >= 15 is 0 Å². The summed E-state index contributed by atoms with van der Waals surface area (Å²) in [7, 11) is -2.18. The van der Waals surface area contributed by atoms with Gasteiger partial charge in [0.25, 0.3) is 0 Å². The molecule has 1 heterocycles. The number of fused-ring (bicyclic) bond motifs is 1. The number of benzene rings is 1. The van der Waals surface area contributed by atoms with Crippen molar-refractivity contribution in [1.82, 2.24) is 0 Å². The fraction of sp³-hybridized carbons (Fsp3) is 0.562. The van der Waals surface area contributed by atoms with Crippen LogP contribution >= 0.6 is 15.9 Å². The molecule has 24 heavy (non-hydrogen) atoms. The molecule has 1 N–H and O–H groups in total. The van der Waals surface area contributed by atoms with Crippen LogP contribution in [0.1, 0.15) is 38.0 Å². The van der Waals surface area contributed by atoms with Crippen LogP contribution in [0.15, 0.2) is 6.07 Å². The average Bonchev–Trinajstić information content (AvgIpc) is 2.47.